The van der Waals surface area contributed by atoms with Crippen LogP contribution < -0.4 is 14.4 Å². The molecule has 2 aromatic rings. The Balaban J connectivity index is 1.70. The van der Waals surface area contributed by atoms with Crippen LogP contribution in [-0.4, -0.2) is 51.1 Å². The lowest BCUT2D eigenvalue weighted by atomic mass is 10.1. The molecule has 3 heterocycles. The fraction of sp³-hybridized carbons (Fsp3) is 0.412. The highest BCUT2D eigenvalue weighted by Crippen LogP contribution is 2.41. The highest BCUT2D eigenvalue weighted by molar-refractivity contribution is 7.91. The van der Waals surface area contributed by atoms with E-state index in [9.17, 15) is 13.2 Å². The van der Waals surface area contributed by atoms with Crippen LogP contribution in [0.4, 0.5) is 5.13 Å². The van der Waals surface area contributed by atoms with E-state index in [1.807, 2.05) is 11.4 Å². The summed E-state index contributed by atoms with van der Waals surface area (Å²) in [6.45, 7) is 0. The van der Waals surface area contributed by atoms with Crippen molar-refractivity contribution >= 4 is 32.2 Å². The molecule has 26 heavy (non-hydrogen) atoms. The molecule has 1 aromatic carbocycles. The Morgan fingerprint density at radius 2 is 2.04 bits per heavy atom. The minimum atomic E-state index is -3.09. The number of carbonyl (C=O) groups is 1. The van der Waals surface area contributed by atoms with Crippen LogP contribution in [0.1, 0.15) is 6.42 Å². The van der Waals surface area contributed by atoms with E-state index in [0.29, 0.717) is 22.3 Å². The monoisotopic (exact) mass is 394 g/mol. The van der Waals surface area contributed by atoms with Crippen LogP contribution in [0.5, 0.6) is 11.5 Å². The highest BCUT2D eigenvalue weighted by Gasteiger charge is 2.50. The third-order valence-electron chi connectivity index (χ3n) is 4.85. The molecule has 2 aliphatic heterocycles. The zero-order valence-corrected chi connectivity index (χ0v) is 16.0. The number of aromatic nitrogens is 1. The van der Waals surface area contributed by atoms with E-state index < -0.39 is 9.84 Å². The molecule has 0 radical (unpaired) electrons. The molecule has 0 saturated carbocycles. The first-order valence-corrected chi connectivity index (χ1v) is 10.8. The van der Waals surface area contributed by atoms with Crippen molar-refractivity contribution in [1.82, 2.24) is 4.98 Å². The third-order valence-corrected chi connectivity index (χ3v) is 7.48. The summed E-state index contributed by atoms with van der Waals surface area (Å²) in [6.07, 6.45) is 0.265. The maximum Gasteiger partial charge on any atom is 0.229 e. The molecule has 0 spiro atoms. The first-order valence-electron chi connectivity index (χ1n) is 8.12. The number of hydrogen-bond acceptors (Lipinski definition) is 7. The van der Waals surface area contributed by atoms with Gasteiger partial charge >= 0.3 is 0 Å². The first-order chi connectivity index (χ1) is 12.4. The van der Waals surface area contributed by atoms with Crippen molar-refractivity contribution in [2.45, 2.75) is 12.5 Å². The van der Waals surface area contributed by atoms with Crippen molar-refractivity contribution in [2.75, 3.05) is 30.6 Å². The van der Waals surface area contributed by atoms with Gasteiger partial charge < -0.3 is 9.47 Å². The van der Waals surface area contributed by atoms with Crippen LogP contribution in [0.2, 0.25) is 0 Å². The topological polar surface area (TPSA) is 85.8 Å². The number of hydrogen-bond donors (Lipinski definition) is 0. The molecule has 2 saturated heterocycles. The molecule has 1 amide bonds. The quantitative estimate of drug-likeness (QED) is 0.788. The molecular formula is C17H18N2O5S2. The fourth-order valence-electron chi connectivity index (χ4n) is 3.65. The summed E-state index contributed by atoms with van der Waals surface area (Å²) in [5, 5.41) is 2.37. The number of benzene rings is 1. The highest BCUT2D eigenvalue weighted by atomic mass is 32.2. The van der Waals surface area contributed by atoms with Gasteiger partial charge in [0, 0.05) is 23.3 Å². The second-order valence-corrected chi connectivity index (χ2v) is 9.44. The van der Waals surface area contributed by atoms with Gasteiger partial charge in [0.25, 0.3) is 0 Å². The number of carbonyl (C=O) groups excluding carboxylic acids is 1. The molecule has 2 atom stereocenters. The third kappa shape index (κ3) is 2.84. The number of anilines is 1. The molecule has 2 aliphatic rings. The normalized spacial score (nSPS) is 23.9. The maximum atomic E-state index is 12.4. The minimum Gasteiger partial charge on any atom is -0.497 e. The number of nitrogens with zero attached hydrogens (tertiary/aromatic N) is 2. The number of ether oxygens (including phenoxy) is 2. The molecule has 9 heteroatoms. The zero-order valence-electron chi connectivity index (χ0n) is 14.3. The zero-order chi connectivity index (χ0) is 18.5. The van der Waals surface area contributed by atoms with Gasteiger partial charge in [-0.3, -0.25) is 9.69 Å². The van der Waals surface area contributed by atoms with Crippen LogP contribution in [-0.2, 0) is 14.6 Å². The lowest BCUT2D eigenvalue weighted by Gasteiger charge is -2.19. The van der Waals surface area contributed by atoms with Crippen LogP contribution in [0.25, 0.3) is 11.3 Å². The van der Waals surface area contributed by atoms with Crippen molar-refractivity contribution in [1.29, 1.82) is 0 Å². The lowest BCUT2D eigenvalue weighted by Crippen LogP contribution is -2.36. The van der Waals surface area contributed by atoms with E-state index in [4.69, 9.17) is 9.47 Å². The van der Waals surface area contributed by atoms with Gasteiger partial charge in [-0.1, -0.05) is 0 Å². The summed E-state index contributed by atoms with van der Waals surface area (Å²) < 4.78 is 34.5. The Morgan fingerprint density at radius 1 is 1.23 bits per heavy atom. The van der Waals surface area contributed by atoms with E-state index >= 15 is 0 Å². The van der Waals surface area contributed by atoms with Gasteiger partial charge in [-0.15, -0.1) is 11.3 Å². The Hall–Kier alpha value is -2.13. The molecule has 1 aromatic heterocycles. The van der Waals surface area contributed by atoms with E-state index in [1.54, 1.807) is 31.3 Å². The Bertz CT molecular complexity index is 969. The molecule has 0 N–H and O–H groups in total. The number of fused-ring (bicyclic) bond motifs is 1. The number of sulfone groups is 1. The van der Waals surface area contributed by atoms with Gasteiger partial charge in [0.2, 0.25) is 5.91 Å². The number of rotatable bonds is 4. The summed E-state index contributed by atoms with van der Waals surface area (Å²) in [4.78, 5) is 18.6. The largest absolute Gasteiger partial charge is 0.497 e. The Morgan fingerprint density at radius 3 is 2.77 bits per heavy atom. The second kappa shape index (κ2) is 6.24. The average molecular weight is 394 g/mol. The summed E-state index contributed by atoms with van der Waals surface area (Å²) in [5.74, 6) is 1.23. The molecule has 0 unspecified atom stereocenters. The number of amides is 1. The van der Waals surface area contributed by atoms with Gasteiger partial charge in [-0.05, 0) is 18.2 Å². The number of methoxy groups -OCH3 is 2. The van der Waals surface area contributed by atoms with Crippen LogP contribution >= 0.6 is 11.3 Å². The van der Waals surface area contributed by atoms with E-state index in [2.05, 4.69) is 4.98 Å². The molecule has 4 rings (SSSR count). The van der Waals surface area contributed by atoms with Gasteiger partial charge in [-0.25, -0.2) is 13.4 Å². The smallest absolute Gasteiger partial charge is 0.229 e. The predicted molar refractivity (Wildman–Crippen MR) is 98.7 cm³/mol. The predicted octanol–water partition coefficient (Wildman–Crippen LogP) is 1.98. The van der Waals surface area contributed by atoms with Gasteiger partial charge in [-0.2, -0.15) is 0 Å². The molecule has 7 nitrogen and oxygen atoms in total. The second-order valence-electron chi connectivity index (χ2n) is 6.45. The average Bonchev–Trinajstić information content (AvgIpc) is 3.26. The molecule has 2 fully saturated rings. The van der Waals surface area contributed by atoms with E-state index in [1.165, 1.54) is 11.3 Å². The van der Waals surface area contributed by atoms with Crippen molar-refractivity contribution in [3.8, 4) is 22.8 Å². The Labute approximate surface area is 155 Å². The SMILES string of the molecule is COc1ccc(OC)c(-c2csc(N3C(=O)C[C@H]4CS(=O)(=O)C[C@H]43)n2)c1. The van der Waals surface area contributed by atoms with Crippen LogP contribution in [0.3, 0.4) is 0 Å². The molecule has 138 valence electrons. The van der Waals surface area contributed by atoms with Crippen LogP contribution in [0, 0.1) is 5.92 Å². The van der Waals surface area contributed by atoms with E-state index in [0.717, 1.165) is 5.56 Å². The molecule has 0 aliphatic carbocycles. The summed E-state index contributed by atoms with van der Waals surface area (Å²) in [5.41, 5.74) is 1.43. The fourth-order valence-corrected chi connectivity index (χ4v) is 6.62. The summed E-state index contributed by atoms with van der Waals surface area (Å²) in [6, 6.07) is 5.12. The molecule has 0 bridgehead atoms. The van der Waals surface area contributed by atoms with Gasteiger partial charge in [0.05, 0.1) is 37.5 Å². The molecular weight excluding hydrogens is 376 g/mol. The van der Waals surface area contributed by atoms with Crippen molar-refractivity contribution in [2.24, 2.45) is 5.92 Å². The summed E-state index contributed by atoms with van der Waals surface area (Å²) >= 11 is 1.33. The van der Waals surface area contributed by atoms with Crippen molar-refractivity contribution < 1.29 is 22.7 Å². The summed E-state index contributed by atoms with van der Waals surface area (Å²) in [7, 11) is 0.0764. The number of thiazole rings is 1. The van der Waals surface area contributed by atoms with Gasteiger partial charge in [0.1, 0.15) is 11.5 Å². The van der Waals surface area contributed by atoms with E-state index in [-0.39, 0.29) is 35.8 Å². The standard InChI is InChI=1S/C17H18N2O5S2/c1-23-11-3-4-15(24-2)12(6-11)13-7-25-17(18-13)19-14-9-26(21,22)8-10(14)5-16(19)20/h3-4,6-7,10,14H,5,8-9H2,1-2H3/t10-,14+/m0/s1. The van der Waals surface area contributed by atoms with Gasteiger partial charge in [0.15, 0.2) is 15.0 Å². The minimum absolute atomic E-state index is 0.0147. The van der Waals surface area contributed by atoms with Crippen LogP contribution in [0.15, 0.2) is 23.6 Å². The Kier molecular flexibility index (Phi) is 4.15. The van der Waals surface area contributed by atoms with Crippen molar-refractivity contribution in [3.63, 3.8) is 0 Å². The lowest BCUT2D eigenvalue weighted by molar-refractivity contribution is -0.117. The first kappa shape index (κ1) is 17.3. The maximum absolute atomic E-state index is 12.4. The van der Waals surface area contributed by atoms with Crippen molar-refractivity contribution in [3.05, 3.63) is 23.6 Å².